The molecule has 2 atom stereocenters. The maximum Gasteiger partial charge on any atom is 0.407 e. The van der Waals surface area contributed by atoms with E-state index in [1.807, 2.05) is 26.8 Å². The van der Waals surface area contributed by atoms with Crippen molar-refractivity contribution in [3.8, 4) is 0 Å². The van der Waals surface area contributed by atoms with Crippen LogP contribution in [0.25, 0.3) is 0 Å². The van der Waals surface area contributed by atoms with E-state index < -0.39 is 11.7 Å². The molecule has 0 radical (unpaired) electrons. The van der Waals surface area contributed by atoms with Gasteiger partial charge in [0.25, 0.3) is 0 Å². The first kappa shape index (κ1) is 14.8. The van der Waals surface area contributed by atoms with Crippen molar-refractivity contribution in [1.29, 1.82) is 0 Å². The average molecular weight is 281 g/mol. The summed E-state index contributed by atoms with van der Waals surface area (Å²) >= 11 is 0. The highest BCUT2D eigenvalue weighted by Crippen LogP contribution is 2.19. The van der Waals surface area contributed by atoms with Gasteiger partial charge in [-0.05, 0) is 44.9 Å². The third-order valence-electron chi connectivity index (χ3n) is 2.85. The Morgan fingerprint density at radius 3 is 2.80 bits per heavy atom. The van der Waals surface area contributed by atoms with E-state index >= 15 is 0 Å². The summed E-state index contributed by atoms with van der Waals surface area (Å²) in [4.78, 5) is 11.8. The number of rotatable bonds is 4. The zero-order valence-electron chi connectivity index (χ0n) is 12.0. The maximum absolute atomic E-state index is 13.2. The minimum atomic E-state index is -0.544. The van der Waals surface area contributed by atoms with Gasteiger partial charge in [-0.2, -0.15) is 0 Å². The molecule has 1 saturated heterocycles. The van der Waals surface area contributed by atoms with Crippen LogP contribution in [0.2, 0.25) is 0 Å². The van der Waals surface area contributed by atoms with Crippen molar-refractivity contribution >= 4 is 6.09 Å². The van der Waals surface area contributed by atoms with E-state index in [0.717, 1.165) is 5.56 Å². The van der Waals surface area contributed by atoms with Gasteiger partial charge in [-0.1, -0.05) is 12.1 Å². The Hall–Kier alpha value is -1.62. The zero-order valence-corrected chi connectivity index (χ0v) is 12.0. The van der Waals surface area contributed by atoms with Gasteiger partial charge in [0, 0.05) is 0 Å². The van der Waals surface area contributed by atoms with Crippen LogP contribution in [-0.2, 0) is 15.9 Å². The molecule has 0 bridgehead atoms. The number of epoxide rings is 1. The summed E-state index contributed by atoms with van der Waals surface area (Å²) in [5, 5.41) is 2.79. The number of hydrogen-bond acceptors (Lipinski definition) is 3. The summed E-state index contributed by atoms with van der Waals surface area (Å²) in [6.45, 7) is 6.03. The lowest BCUT2D eigenvalue weighted by Gasteiger charge is -2.23. The van der Waals surface area contributed by atoms with Crippen LogP contribution in [0.5, 0.6) is 0 Å². The average Bonchev–Trinajstić information content (AvgIpc) is 3.09. The zero-order chi connectivity index (χ0) is 14.8. The Morgan fingerprint density at radius 1 is 1.55 bits per heavy atom. The van der Waals surface area contributed by atoms with Crippen LogP contribution in [0.4, 0.5) is 9.18 Å². The van der Waals surface area contributed by atoms with E-state index in [9.17, 15) is 9.18 Å². The van der Waals surface area contributed by atoms with E-state index in [1.54, 1.807) is 6.07 Å². The second-order valence-electron chi connectivity index (χ2n) is 5.96. The van der Waals surface area contributed by atoms with Gasteiger partial charge in [0.05, 0.1) is 12.6 Å². The number of amides is 1. The first-order chi connectivity index (χ1) is 9.33. The van der Waals surface area contributed by atoms with E-state index in [-0.39, 0.29) is 18.0 Å². The predicted octanol–water partition coefficient (Wildman–Crippen LogP) is 2.66. The van der Waals surface area contributed by atoms with Crippen LogP contribution in [0, 0.1) is 5.82 Å². The van der Waals surface area contributed by atoms with Crippen molar-refractivity contribution in [2.24, 2.45) is 0 Å². The minimum Gasteiger partial charge on any atom is -0.444 e. The number of nitrogens with one attached hydrogen (secondary N) is 1. The smallest absolute Gasteiger partial charge is 0.407 e. The van der Waals surface area contributed by atoms with Gasteiger partial charge in [-0.3, -0.25) is 0 Å². The van der Waals surface area contributed by atoms with Crippen LogP contribution in [0.15, 0.2) is 24.3 Å². The molecule has 1 N–H and O–H groups in total. The van der Waals surface area contributed by atoms with E-state index in [1.165, 1.54) is 12.1 Å². The molecular formula is C15H20FNO3. The van der Waals surface area contributed by atoms with Gasteiger partial charge >= 0.3 is 6.09 Å². The molecule has 1 aliphatic rings. The van der Waals surface area contributed by atoms with Crippen molar-refractivity contribution < 1.29 is 18.7 Å². The predicted molar refractivity (Wildman–Crippen MR) is 73.0 cm³/mol. The van der Waals surface area contributed by atoms with Crippen molar-refractivity contribution in [1.82, 2.24) is 5.32 Å². The SMILES string of the molecule is CC(C)(C)OC(=O)NC(Cc1cccc(F)c1)C1CO1. The van der Waals surface area contributed by atoms with Crippen LogP contribution < -0.4 is 5.32 Å². The molecule has 20 heavy (non-hydrogen) atoms. The number of alkyl carbamates (subject to hydrolysis) is 1. The third kappa shape index (κ3) is 4.81. The summed E-state index contributed by atoms with van der Waals surface area (Å²) in [5.41, 5.74) is 0.277. The number of hydrogen-bond donors (Lipinski definition) is 1. The fourth-order valence-corrected chi connectivity index (χ4v) is 1.94. The molecule has 4 nitrogen and oxygen atoms in total. The largest absolute Gasteiger partial charge is 0.444 e. The molecule has 0 saturated carbocycles. The Morgan fingerprint density at radius 2 is 2.25 bits per heavy atom. The molecule has 1 aliphatic heterocycles. The topological polar surface area (TPSA) is 50.9 Å². The van der Waals surface area contributed by atoms with Gasteiger partial charge in [0.15, 0.2) is 0 Å². The second-order valence-corrected chi connectivity index (χ2v) is 5.96. The van der Waals surface area contributed by atoms with Crippen LogP contribution in [0.3, 0.4) is 0 Å². The first-order valence-corrected chi connectivity index (χ1v) is 6.69. The minimum absolute atomic E-state index is 0.0224. The standard InChI is InChI=1S/C15H20FNO3/c1-15(2,3)20-14(18)17-12(13-9-19-13)8-10-5-4-6-11(16)7-10/h4-7,12-13H,8-9H2,1-3H3,(H,17,18). The first-order valence-electron chi connectivity index (χ1n) is 6.69. The Labute approximate surface area is 118 Å². The fraction of sp³-hybridized carbons (Fsp3) is 0.533. The monoisotopic (exact) mass is 281 g/mol. The van der Waals surface area contributed by atoms with Crippen molar-refractivity contribution in [2.75, 3.05) is 6.61 Å². The lowest BCUT2D eigenvalue weighted by atomic mass is 10.0. The normalized spacial score (nSPS) is 19.3. The van der Waals surface area contributed by atoms with Gasteiger partial charge in [0.2, 0.25) is 0 Å². The molecule has 1 aromatic rings. The Bertz CT molecular complexity index is 480. The summed E-state index contributed by atoms with van der Waals surface area (Å²) in [6.07, 6.45) is 0.0157. The molecule has 1 aromatic carbocycles. The molecule has 1 heterocycles. The van der Waals surface area contributed by atoms with Gasteiger partial charge in [-0.25, -0.2) is 9.18 Å². The summed E-state index contributed by atoms with van der Waals surface area (Å²) in [7, 11) is 0. The van der Waals surface area contributed by atoms with E-state index in [0.29, 0.717) is 13.0 Å². The fourth-order valence-electron chi connectivity index (χ4n) is 1.94. The highest BCUT2D eigenvalue weighted by Gasteiger charge is 2.34. The number of benzene rings is 1. The second kappa shape index (κ2) is 5.79. The van der Waals surface area contributed by atoms with E-state index in [2.05, 4.69) is 5.32 Å². The van der Waals surface area contributed by atoms with Crippen LogP contribution >= 0.6 is 0 Å². The van der Waals surface area contributed by atoms with Gasteiger partial charge < -0.3 is 14.8 Å². The third-order valence-corrected chi connectivity index (χ3v) is 2.85. The van der Waals surface area contributed by atoms with Crippen molar-refractivity contribution in [3.63, 3.8) is 0 Å². The molecule has 0 aromatic heterocycles. The van der Waals surface area contributed by atoms with E-state index in [4.69, 9.17) is 9.47 Å². The van der Waals surface area contributed by atoms with Crippen molar-refractivity contribution in [3.05, 3.63) is 35.6 Å². The molecule has 2 unspecified atom stereocenters. The summed E-state index contributed by atoms with van der Waals surface area (Å²) in [6, 6.07) is 6.14. The molecule has 0 aliphatic carbocycles. The molecular weight excluding hydrogens is 261 g/mol. The van der Waals surface area contributed by atoms with Gasteiger partial charge in [-0.15, -0.1) is 0 Å². The van der Waals surface area contributed by atoms with Crippen molar-refractivity contribution in [2.45, 2.75) is 44.9 Å². The van der Waals surface area contributed by atoms with Crippen LogP contribution in [0.1, 0.15) is 26.3 Å². The number of carbonyl (C=O) groups is 1. The quantitative estimate of drug-likeness (QED) is 0.863. The Balaban J connectivity index is 1.96. The number of halogens is 1. The van der Waals surface area contributed by atoms with Crippen LogP contribution in [-0.4, -0.2) is 30.4 Å². The lowest BCUT2D eigenvalue weighted by molar-refractivity contribution is 0.0495. The Kier molecular flexibility index (Phi) is 4.28. The highest BCUT2D eigenvalue weighted by molar-refractivity contribution is 5.68. The maximum atomic E-state index is 13.2. The summed E-state index contributed by atoms with van der Waals surface area (Å²) in [5.74, 6) is -0.282. The molecule has 1 fully saturated rings. The highest BCUT2D eigenvalue weighted by atomic mass is 19.1. The molecule has 5 heteroatoms. The van der Waals surface area contributed by atoms with Gasteiger partial charge in [0.1, 0.15) is 17.5 Å². The molecule has 2 rings (SSSR count). The summed E-state index contributed by atoms with van der Waals surface area (Å²) < 4.78 is 23.6. The molecule has 0 spiro atoms. The number of carbonyl (C=O) groups excluding carboxylic acids is 1. The molecule has 1 amide bonds. The molecule has 110 valence electrons. The lowest BCUT2D eigenvalue weighted by Crippen LogP contribution is -2.43. The number of ether oxygens (including phenoxy) is 2.